The Hall–Kier alpha value is -2.98. The minimum Gasteiger partial charge on any atom is -0.497 e. The smallest absolute Gasteiger partial charge is 0.311 e. The van der Waals surface area contributed by atoms with Crippen LogP contribution in [0.2, 0.25) is 0 Å². The van der Waals surface area contributed by atoms with Crippen molar-refractivity contribution in [2.45, 2.75) is 19.4 Å². The Kier molecular flexibility index (Phi) is 9.06. The number of carbonyl (C=O) groups is 2. The van der Waals surface area contributed by atoms with E-state index in [0.717, 1.165) is 17.1 Å². The highest BCUT2D eigenvalue weighted by atomic mass is 32.2. The number of esters is 1. The second-order valence-electron chi connectivity index (χ2n) is 6.12. The number of rotatable bonds is 10. The Morgan fingerprint density at radius 1 is 1.14 bits per heavy atom. The van der Waals surface area contributed by atoms with Gasteiger partial charge in [-0.25, -0.2) is 0 Å². The third-order valence-electron chi connectivity index (χ3n) is 4.09. The van der Waals surface area contributed by atoms with Crippen LogP contribution >= 0.6 is 11.8 Å². The highest BCUT2D eigenvalue weighted by molar-refractivity contribution is 7.99. The lowest BCUT2D eigenvalue weighted by atomic mass is 10.1. The first kappa shape index (κ1) is 22.3. The molecule has 2 aromatic carbocycles. The van der Waals surface area contributed by atoms with E-state index in [1.807, 2.05) is 13.0 Å². The molecule has 0 spiro atoms. The summed E-state index contributed by atoms with van der Waals surface area (Å²) in [6.07, 6.45) is -1.03. The van der Waals surface area contributed by atoms with Gasteiger partial charge in [-0.3, -0.25) is 9.59 Å². The normalized spacial score (nSPS) is 11.2. The van der Waals surface area contributed by atoms with Crippen LogP contribution in [0.15, 0.2) is 48.5 Å². The fraction of sp³-hybridized carbons (Fsp3) is 0.318. The molecule has 2 rings (SSSR count). The summed E-state index contributed by atoms with van der Waals surface area (Å²) in [6.45, 7) is 2.53. The van der Waals surface area contributed by atoms with Gasteiger partial charge >= 0.3 is 5.97 Å². The molecule has 0 fully saturated rings. The van der Waals surface area contributed by atoms with Crippen LogP contribution in [0.5, 0.6) is 5.75 Å². The van der Waals surface area contributed by atoms with Gasteiger partial charge in [0.1, 0.15) is 5.75 Å². The first-order valence-corrected chi connectivity index (χ1v) is 10.4. The lowest BCUT2D eigenvalue weighted by molar-refractivity contribution is -0.155. The van der Waals surface area contributed by atoms with Gasteiger partial charge in [0.15, 0.2) is 0 Å². The maximum absolute atomic E-state index is 12.7. The summed E-state index contributed by atoms with van der Waals surface area (Å²) in [7, 11) is 1.57. The van der Waals surface area contributed by atoms with Gasteiger partial charge in [-0.1, -0.05) is 31.2 Å². The molecule has 0 saturated heterocycles. The van der Waals surface area contributed by atoms with Crippen molar-refractivity contribution in [1.82, 2.24) is 5.32 Å². The second kappa shape index (κ2) is 11.8. The van der Waals surface area contributed by atoms with E-state index in [1.165, 1.54) is 0 Å². The Balaban J connectivity index is 2.09. The van der Waals surface area contributed by atoms with E-state index in [9.17, 15) is 9.59 Å². The molecule has 1 amide bonds. The first-order valence-electron chi connectivity index (χ1n) is 9.25. The van der Waals surface area contributed by atoms with E-state index >= 15 is 0 Å². The molecule has 1 atom stereocenters. The average molecular weight is 413 g/mol. The molecule has 2 aromatic rings. The zero-order valence-electron chi connectivity index (χ0n) is 16.5. The first-order chi connectivity index (χ1) is 14.1. The largest absolute Gasteiger partial charge is 0.497 e. The Morgan fingerprint density at radius 3 is 2.41 bits per heavy atom. The molecule has 0 aromatic heterocycles. The van der Waals surface area contributed by atoms with Crippen LogP contribution in [-0.2, 0) is 20.7 Å². The topological polar surface area (TPSA) is 88.4 Å². The van der Waals surface area contributed by atoms with Crippen molar-refractivity contribution in [3.63, 3.8) is 0 Å². The van der Waals surface area contributed by atoms with Gasteiger partial charge in [-0.2, -0.15) is 17.0 Å². The molecule has 1 unspecified atom stereocenters. The van der Waals surface area contributed by atoms with Crippen molar-refractivity contribution in [2.75, 3.05) is 25.2 Å². The van der Waals surface area contributed by atoms with E-state index < -0.39 is 12.1 Å². The van der Waals surface area contributed by atoms with Crippen molar-refractivity contribution in [2.24, 2.45) is 0 Å². The molecule has 0 saturated carbocycles. The molecule has 0 radical (unpaired) electrons. The number of methoxy groups -OCH3 is 1. The van der Waals surface area contributed by atoms with Gasteiger partial charge in [0.2, 0.25) is 6.10 Å². The highest BCUT2D eigenvalue weighted by Crippen LogP contribution is 2.20. The number of ether oxygens (including phenoxy) is 2. The van der Waals surface area contributed by atoms with E-state index in [0.29, 0.717) is 23.4 Å². The zero-order chi connectivity index (χ0) is 21.1. The van der Waals surface area contributed by atoms with Gasteiger partial charge < -0.3 is 14.8 Å². The predicted molar refractivity (Wildman–Crippen MR) is 113 cm³/mol. The van der Waals surface area contributed by atoms with Crippen LogP contribution < -0.4 is 10.1 Å². The standard InChI is InChI=1S/C22H24N2O4S/c1-3-29-13-12-24-22(26)21(18-8-4-17(15-23)5-9-18)28-20(25)14-16-6-10-19(27-2)11-7-16/h4-11,21H,3,12-14H2,1-2H3,(H,24,26). The van der Waals surface area contributed by atoms with Crippen molar-refractivity contribution in [1.29, 1.82) is 5.26 Å². The average Bonchev–Trinajstić information content (AvgIpc) is 2.75. The van der Waals surface area contributed by atoms with Gasteiger partial charge in [-0.05, 0) is 35.6 Å². The number of nitrogens with zero attached hydrogens (tertiary/aromatic N) is 1. The Labute approximate surface area is 175 Å². The molecule has 152 valence electrons. The molecule has 0 bridgehead atoms. The molecular formula is C22H24N2O4S. The van der Waals surface area contributed by atoms with E-state index in [-0.39, 0.29) is 12.3 Å². The molecular weight excluding hydrogens is 388 g/mol. The SMILES string of the molecule is CCSCCNC(=O)C(OC(=O)Cc1ccc(OC)cc1)c1ccc(C#N)cc1. The van der Waals surface area contributed by atoms with Crippen molar-refractivity contribution < 1.29 is 19.1 Å². The highest BCUT2D eigenvalue weighted by Gasteiger charge is 2.25. The summed E-state index contributed by atoms with van der Waals surface area (Å²) in [5.41, 5.74) is 1.75. The van der Waals surface area contributed by atoms with Crippen LogP contribution in [0.25, 0.3) is 0 Å². The number of nitrogens with one attached hydrogen (secondary N) is 1. The molecule has 0 aliphatic rings. The van der Waals surface area contributed by atoms with Crippen LogP contribution in [0, 0.1) is 11.3 Å². The minimum absolute atomic E-state index is 0.0374. The number of benzene rings is 2. The number of thioether (sulfide) groups is 1. The maximum atomic E-state index is 12.7. The Bertz CT molecular complexity index is 845. The van der Waals surface area contributed by atoms with Crippen molar-refractivity contribution in [3.8, 4) is 11.8 Å². The predicted octanol–water partition coefficient (Wildman–Crippen LogP) is 3.26. The van der Waals surface area contributed by atoms with Crippen LogP contribution in [0.4, 0.5) is 0 Å². The van der Waals surface area contributed by atoms with E-state index in [1.54, 1.807) is 67.4 Å². The fourth-order valence-electron chi connectivity index (χ4n) is 2.57. The van der Waals surface area contributed by atoms with Gasteiger partial charge in [0.05, 0.1) is 25.2 Å². The minimum atomic E-state index is -1.07. The van der Waals surface area contributed by atoms with Crippen molar-refractivity contribution >= 4 is 23.6 Å². The summed E-state index contributed by atoms with van der Waals surface area (Å²) < 4.78 is 10.6. The fourth-order valence-corrected chi connectivity index (χ4v) is 3.11. The van der Waals surface area contributed by atoms with Crippen LogP contribution in [0.1, 0.15) is 29.7 Å². The number of hydrogen-bond acceptors (Lipinski definition) is 6. The quantitative estimate of drug-likeness (QED) is 0.476. The summed E-state index contributed by atoms with van der Waals surface area (Å²) >= 11 is 1.71. The van der Waals surface area contributed by atoms with E-state index in [2.05, 4.69) is 5.32 Å². The van der Waals surface area contributed by atoms with E-state index in [4.69, 9.17) is 14.7 Å². The summed E-state index contributed by atoms with van der Waals surface area (Å²) in [5, 5.41) is 11.8. The third kappa shape index (κ3) is 7.16. The molecule has 1 N–H and O–H groups in total. The lowest BCUT2D eigenvalue weighted by Gasteiger charge is -2.18. The molecule has 0 heterocycles. The zero-order valence-corrected chi connectivity index (χ0v) is 17.3. The molecule has 29 heavy (non-hydrogen) atoms. The van der Waals surface area contributed by atoms with Crippen molar-refractivity contribution in [3.05, 3.63) is 65.2 Å². The lowest BCUT2D eigenvalue weighted by Crippen LogP contribution is -2.34. The molecule has 7 heteroatoms. The van der Waals surface area contributed by atoms with Crippen LogP contribution in [-0.4, -0.2) is 37.0 Å². The monoisotopic (exact) mass is 412 g/mol. The van der Waals surface area contributed by atoms with Gasteiger partial charge in [0.25, 0.3) is 5.91 Å². The summed E-state index contributed by atoms with van der Waals surface area (Å²) in [6, 6.07) is 15.6. The van der Waals surface area contributed by atoms with Gasteiger partial charge in [-0.15, -0.1) is 0 Å². The maximum Gasteiger partial charge on any atom is 0.311 e. The van der Waals surface area contributed by atoms with Gasteiger partial charge in [0, 0.05) is 17.9 Å². The molecule has 0 aliphatic carbocycles. The number of carbonyl (C=O) groups excluding carboxylic acids is 2. The summed E-state index contributed by atoms with van der Waals surface area (Å²) in [4.78, 5) is 25.1. The second-order valence-corrected chi connectivity index (χ2v) is 7.51. The molecule has 0 aliphatic heterocycles. The number of nitriles is 1. The van der Waals surface area contributed by atoms with Crippen LogP contribution in [0.3, 0.4) is 0 Å². The number of amides is 1. The molecule has 6 nitrogen and oxygen atoms in total. The Morgan fingerprint density at radius 2 is 1.83 bits per heavy atom. The number of hydrogen-bond donors (Lipinski definition) is 1. The summed E-state index contributed by atoms with van der Waals surface area (Å²) in [5.74, 6) is 1.55. The third-order valence-corrected chi connectivity index (χ3v) is 4.99.